The van der Waals surface area contributed by atoms with E-state index in [0.29, 0.717) is 0 Å². The van der Waals surface area contributed by atoms with Crippen LogP contribution in [-0.4, -0.2) is 65.4 Å². The Morgan fingerprint density at radius 1 is 0.963 bits per heavy atom. The molecule has 0 radical (unpaired) electrons. The van der Waals surface area contributed by atoms with Gasteiger partial charge in [-0.3, -0.25) is 0 Å². The molecule has 0 saturated carbocycles. The lowest BCUT2D eigenvalue weighted by atomic mass is 10.4. The van der Waals surface area contributed by atoms with Crippen LogP contribution in [-0.2, 0) is 30.9 Å². The van der Waals surface area contributed by atoms with E-state index in [4.69, 9.17) is 4.12 Å². The molecule has 0 aromatic rings. The van der Waals surface area contributed by atoms with Crippen LogP contribution in [0.3, 0.4) is 0 Å². The molecule has 27 heavy (non-hydrogen) atoms. The number of unbranched alkanes of at least 4 members (excludes halogenated alkanes) is 1. The van der Waals surface area contributed by atoms with Crippen LogP contribution in [0.15, 0.2) is 12.2 Å². The van der Waals surface area contributed by atoms with Crippen LogP contribution in [0.2, 0.25) is 38.3 Å². The molecule has 0 aromatic heterocycles. The van der Waals surface area contributed by atoms with E-state index in [2.05, 4.69) is 6.92 Å². The van der Waals surface area contributed by atoms with Gasteiger partial charge in [-0.05, 0) is 32.1 Å². The first kappa shape index (κ1) is 29.3. The van der Waals surface area contributed by atoms with Crippen molar-refractivity contribution in [3.05, 3.63) is 12.2 Å². The summed E-state index contributed by atoms with van der Waals surface area (Å²) >= 11 is 0. The maximum Gasteiger partial charge on any atom is 0.532 e. The van der Waals surface area contributed by atoms with Gasteiger partial charge in [0.15, 0.2) is 0 Å². The fourth-order valence-electron chi connectivity index (χ4n) is 1.90. The van der Waals surface area contributed by atoms with E-state index in [1.165, 1.54) is 0 Å². The largest absolute Gasteiger partial charge is 0.578 e. The third-order valence-corrected chi connectivity index (χ3v) is 38.5. The lowest BCUT2D eigenvalue weighted by Gasteiger charge is -2.22. The quantitative estimate of drug-likeness (QED) is 0.287. The second kappa shape index (κ2) is 15.0. The van der Waals surface area contributed by atoms with Crippen molar-refractivity contribution >= 4 is 65.4 Å². The summed E-state index contributed by atoms with van der Waals surface area (Å²) in [7, 11) is -15.8. The first-order chi connectivity index (χ1) is 12.4. The number of hydrogen-bond donors (Lipinski definition) is 0. The van der Waals surface area contributed by atoms with Crippen molar-refractivity contribution in [3.63, 3.8) is 0 Å². The molecule has 0 heterocycles. The smallest absolute Gasteiger partial charge is 0.532 e. The van der Waals surface area contributed by atoms with Gasteiger partial charge in [0.05, 0.1) is 0 Å². The first-order valence-electron chi connectivity index (χ1n) is 8.76. The summed E-state index contributed by atoms with van der Waals surface area (Å²) in [4.78, 5) is 0. The van der Waals surface area contributed by atoms with Crippen LogP contribution in [0.4, 0.5) is 0 Å². The molecule has 0 aliphatic heterocycles. The second-order valence-electron chi connectivity index (χ2n) is 7.20. The van der Waals surface area contributed by atoms with Gasteiger partial charge < -0.3 is 30.9 Å². The molecule has 0 fully saturated rings. The van der Waals surface area contributed by atoms with Gasteiger partial charge in [-0.25, -0.2) is 0 Å². The molecule has 0 rings (SSSR count). The average Bonchev–Trinajstić information content (AvgIpc) is 2.62. The highest BCUT2D eigenvalue weighted by Gasteiger charge is 2.37. The van der Waals surface area contributed by atoms with E-state index in [0.717, 1.165) is 24.9 Å². The van der Waals surface area contributed by atoms with Crippen LogP contribution in [0.5, 0.6) is 0 Å². The maximum absolute atomic E-state index is 11.7. The zero-order chi connectivity index (χ0) is 21.7. The molecule has 7 nitrogen and oxygen atoms in total. The van der Waals surface area contributed by atoms with E-state index in [-0.39, 0.29) is 0 Å². The summed E-state index contributed by atoms with van der Waals surface area (Å²) < 4.78 is 71.3. The van der Waals surface area contributed by atoms with E-state index in [9.17, 15) is 26.8 Å². The third kappa shape index (κ3) is 13.8. The maximum atomic E-state index is 11.7. The molecular formula is C12H30O7Si8. The zero-order valence-corrected chi connectivity index (χ0v) is 25.3. The molecule has 0 aliphatic carbocycles. The fraction of sp³-hybridized carbons (Fsp3) is 0.833. The standard InChI is InChI=1S/C6H16O4Si4.C6H14O3Si4/c1-4-5-6-14(2,3)10-12(8)13(9)11-7;1-4-5-6-13(2,3)12(9)11(8)10-7/h11H,4-6H2,1-3H3;4-5,10H,6H2,1-3H3/b;5-4-. The Kier molecular flexibility index (Phi) is 16.3. The van der Waals surface area contributed by atoms with Gasteiger partial charge in [0.2, 0.25) is 8.32 Å². The normalized spacial score (nSPS) is 11.2. The number of allylic oxidation sites excluding steroid dienone is 2. The van der Waals surface area contributed by atoms with Crippen molar-refractivity contribution in [1.82, 2.24) is 0 Å². The van der Waals surface area contributed by atoms with Crippen LogP contribution < -0.4 is 0 Å². The molecule has 0 aliphatic rings. The predicted octanol–water partition coefficient (Wildman–Crippen LogP) is 1.26. The molecule has 0 amide bonds. The molecular weight excluding hydrogens is 481 g/mol. The summed E-state index contributed by atoms with van der Waals surface area (Å²) in [5.41, 5.74) is 0. The minimum Gasteiger partial charge on any atom is -0.578 e. The van der Waals surface area contributed by atoms with Crippen molar-refractivity contribution in [3.8, 4) is 0 Å². The van der Waals surface area contributed by atoms with Crippen LogP contribution >= 0.6 is 0 Å². The van der Waals surface area contributed by atoms with Gasteiger partial charge in [-0.2, -0.15) is 0 Å². The van der Waals surface area contributed by atoms with E-state index >= 15 is 0 Å². The third-order valence-electron chi connectivity index (χ3n) is 3.62. The van der Waals surface area contributed by atoms with Crippen LogP contribution in [0, 0.1) is 0 Å². The Hall–Kier alpha value is 0.0751. The second-order valence-corrected chi connectivity index (χ2v) is 39.9. The lowest BCUT2D eigenvalue weighted by Crippen LogP contribution is -2.46. The van der Waals surface area contributed by atoms with Gasteiger partial charge in [-0.15, -0.1) is 0 Å². The molecule has 0 bridgehead atoms. The van der Waals surface area contributed by atoms with Gasteiger partial charge >= 0.3 is 49.4 Å². The van der Waals surface area contributed by atoms with Crippen molar-refractivity contribution in [2.24, 2.45) is 0 Å². The van der Waals surface area contributed by atoms with E-state index in [1.807, 2.05) is 45.3 Å². The Morgan fingerprint density at radius 3 is 1.89 bits per heavy atom. The van der Waals surface area contributed by atoms with Crippen LogP contribution in [0.1, 0.15) is 26.7 Å². The summed E-state index contributed by atoms with van der Waals surface area (Å²) in [6, 6.07) is 1.69. The lowest BCUT2D eigenvalue weighted by molar-refractivity contribution is 0.457. The fourth-order valence-corrected chi connectivity index (χ4v) is 37.2. The molecule has 0 N–H and O–H groups in total. The zero-order valence-electron chi connectivity index (χ0n) is 17.0. The van der Waals surface area contributed by atoms with Gasteiger partial charge in [0.1, 0.15) is 7.59 Å². The number of hydrogen-bond acceptors (Lipinski definition) is 7. The van der Waals surface area contributed by atoms with Crippen molar-refractivity contribution in [2.45, 2.75) is 65.0 Å². The Morgan fingerprint density at radius 2 is 1.48 bits per heavy atom. The minimum absolute atomic E-state index is 0.775. The van der Waals surface area contributed by atoms with E-state index in [1.54, 1.807) is 0 Å². The highest BCUT2D eigenvalue weighted by atomic mass is 29.8. The molecule has 0 aromatic carbocycles. The molecule has 0 atom stereocenters. The molecule has 0 unspecified atom stereocenters. The van der Waals surface area contributed by atoms with Crippen molar-refractivity contribution < 1.29 is 30.9 Å². The molecule has 15 heteroatoms. The SMILES string of the molecule is C/C=C\C[Si](C)(C)[Si](=O)[Si](=O)[SiH]=O.CCCC[Si](C)(C)O[Si](=O)[Si](=O)[SiH]=O. The van der Waals surface area contributed by atoms with Crippen molar-refractivity contribution in [2.75, 3.05) is 0 Å². The van der Waals surface area contributed by atoms with Gasteiger partial charge in [0.25, 0.3) is 0 Å². The topological polar surface area (TPSA) is 112 Å². The molecule has 152 valence electrons. The summed E-state index contributed by atoms with van der Waals surface area (Å²) in [5, 5.41) is 0. The van der Waals surface area contributed by atoms with Gasteiger partial charge in [0, 0.05) is 0 Å². The Bertz CT molecular complexity index is 603. The highest BCUT2D eigenvalue weighted by Crippen LogP contribution is 2.14. The van der Waals surface area contributed by atoms with Crippen molar-refractivity contribution in [1.29, 1.82) is 0 Å². The first-order valence-corrected chi connectivity index (χ1v) is 28.2. The summed E-state index contributed by atoms with van der Waals surface area (Å²) in [5.74, 6) is 0. The van der Waals surface area contributed by atoms with E-state index < -0.39 is 65.4 Å². The highest BCUT2D eigenvalue weighted by molar-refractivity contribution is 7.56. The monoisotopic (exact) mass is 510 g/mol. The minimum atomic E-state index is -2.52. The van der Waals surface area contributed by atoms with Gasteiger partial charge in [-0.1, -0.05) is 45.0 Å². The Balaban J connectivity index is 0. The average molecular weight is 511 g/mol. The van der Waals surface area contributed by atoms with Crippen LogP contribution in [0.25, 0.3) is 0 Å². The Labute approximate surface area is 173 Å². The number of rotatable bonds is 12. The summed E-state index contributed by atoms with van der Waals surface area (Å²) in [6.45, 7) is 11.8. The molecule has 0 saturated heterocycles. The summed E-state index contributed by atoms with van der Waals surface area (Å²) in [6.07, 6.45) is 5.98. The molecule has 0 spiro atoms. The predicted molar refractivity (Wildman–Crippen MR) is 117 cm³/mol.